The van der Waals surface area contributed by atoms with E-state index in [1.807, 2.05) is 60.8 Å². The second-order valence-corrected chi connectivity index (χ2v) is 4.83. The van der Waals surface area contributed by atoms with Gasteiger partial charge in [0.2, 0.25) is 5.69 Å². The van der Waals surface area contributed by atoms with Crippen LogP contribution in [0.3, 0.4) is 0 Å². The first-order chi connectivity index (χ1) is 9.69. The molecule has 2 aromatic carbocycles. The summed E-state index contributed by atoms with van der Waals surface area (Å²) in [5.41, 5.74) is 3.21. The van der Waals surface area contributed by atoms with Crippen LogP contribution < -0.4 is 9.73 Å². The molecule has 0 heterocycles. The van der Waals surface area contributed by atoms with Crippen LogP contribution in [-0.2, 0) is 0 Å². The van der Waals surface area contributed by atoms with Crippen LogP contribution in [-0.4, -0.2) is 13.3 Å². The molecule has 0 unspecified atom stereocenters. The van der Waals surface area contributed by atoms with Crippen LogP contribution in [0.25, 0.3) is 5.03 Å². The largest absolute Gasteiger partial charge is 0.497 e. The van der Waals surface area contributed by atoms with Crippen molar-refractivity contribution in [3.63, 3.8) is 0 Å². The minimum atomic E-state index is 0.700. The average molecular weight is 287 g/mol. The number of halogens is 1. The molecule has 0 radical (unpaired) electrons. The van der Waals surface area contributed by atoms with E-state index in [4.69, 9.17) is 16.3 Å². The summed E-state index contributed by atoms with van der Waals surface area (Å²) in [6.45, 7) is 2.05. The van der Waals surface area contributed by atoms with E-state index >= 15 is 0 Å². The van der Waals surface area contributed by atoms with Crippen molar-refractivity contribution in [3.8, 4) is 5.75 Å². The van der Waals surface area contributed by atoms with E-state index in [0.717, 1.165) is 17.0 Å². The summed E-state index contributed by atoms with van der Waals surface area (Å²) in [6, 6.07) is 15.8. The topological polar surface area (TPSA) is 23.2 Å². The molecule has 20 heavy (non-hydrogen) atoms. The molecule has 0 spiro atoms. The third-order valence-electron chi connectivity index (χ3n) is 2.90. The molecule has 3 heteroatoms. The minimum absolute atomic E-state index is 0.700. The molecule has 0 aromatic heterocycles. The van der Waals surface area contributed by atoms with Crippen molar-refractivity contribution in [1.82, 2.24) is 0 Å². The zero-order valence-electron chi connectivity index (χ0n) is 11.6. The summed E-state index contributed by atoms with van der Waals surface area (Å²) in [5, 5.41) is 0.700. The van der Waals surface area contributed by atoms with Crippen molar-refractivity contribution in [2.45, 2.75) is 6.92 Å². The molecule has 0 saturated heterocycles. The number of allylic oxidation sites excluding steroid dienone is 1. The van der Waals surface area contributed by atoms with Gasteiger partial charge in [-0.25, -0.2) is 4.99 Å². The van der Waals surface area contributed by atoms with E-state index in [-0.39, 0.29) is 0 Å². The lowest BCUT2D eigenvalue weighted by atomic mass is 10.1. The molecule has 2 nitrogen and oxygen atoms in total. The first-order valence-electron chi connectivity index (χ1n) is 6.35. The van der Waals surface area contributed by atoms with Crippen molar-refractivity contribution in [3.05, 3.63) is 65.7 Å². The smallest absolute Gasteiger partial charge is 0.203 e. The van der Waals surface area contributed by atoms with Gasteiger partial charge in [0.25, 0.3) is 0 Å². The summed E-state index contributed by atoms with van der Waals surface area (Å²) in [4.78, 5) is 3.17. The normalized spacial score (nSPS) is 11.8. The second-order valence-electron chi connectivity index (χ2n) is 4.42. The number of ether oxygens (including phenoxy) is 1. The van der Waals surface area contributed by atoms with Gasteiger partial charge in [0.05, 0.1) is 12.1 Å². The summed E-state index contributed by atoms with van der Waals surface area (Å²) in [5.74, 6) is 0.837. The highest BCUT2D eigenvalue weighted by Gasteiger charge is 1.98. The Morgan fingerprint density at radius 3 is 2.30 bits per heavy atom. The van der Waals surface area contributed by atoms with Crippen LogP contribution >= 0.6 is 11.6 Å². The first kappa shape index (κ1) is 14.4. The Bertz CT molecular complexity index is 612. The van der Waals surface area contributed by atoms with E-state index in [0.29, 0.717) is 5.03 Å². The quantitative estimate of drug-likeness (QED) is 0.858. The zero-order chi connectivity index (χ0) is 14.4. The van der Waals surface area contributed by atoms with Gasteiger partial charge in [-0.15, -0.1) is 0 Å². The minimum Gasteiger partial charge on any atom is -0.497 e. The van der Waals surface area contributed by atoms with Crippen molar-refractivity contribution in [2.24, 2.45) is 0 Å². The summed E-state index contributed by atoms with van der Waals surface area (Å²) >= 11 is 6.24. The molecule has 0 atom stereocenters. The predicted molar refractivity (Wildman–Crippen MR) is 84.7 cm³/mol. The van der Waals surface area contributed by atoms with Crippen LogP contribution in [0, 0.1) is 6.92 Å². The molecule has 0 aliphatic rings. The highest BCUT2D eigenvalue weighted by Crippen LogP contribution is 2.18. The van der Waals surface area contributed by atoms with Crippen LogP contribution in [0.4, 0.5) is 5.69 Å². The average Bonchev–Trinajstić information content (AvgIpc) is 2.48. The van der Waals surface area contributed by atoms with Crippen LogP contribution in [0.2, 0.25) is 0 Å². The highest BCUT2D eigenvalue weighted by atomic mass is 35.5. The van der Waals surface area contributed by atoms with Gasteiger partial charge < -0.3 is 4.74 Å². The van der Waals surface area contributed by atoms with E-state index in [2.05, 4.69) is 11.9 Å². The number of methoxy groups -OCH3 is 1. The Kier molecular flexibility index (Phi) is 4.97. The lowest BCUT2D eigenvalue weighted by Crippen LogP contribution is -2.60. The summed E-state index contributed by atoms with van der Waals surface area (Å²) < 4.78 is 5.11. The van der Waals surface area contributed by atoms with Gasteiger partial charge in [-0.2, -0.15) is 0 Å². The predicted octanol–water partition coefficient (Wildman–Crippen LogP) is 3.07. The number of hydrogen-bond acceptors (Lipinski definition) is 1. The SMILES string of the molecule is COc1ccc([NH+]=CC=C(Cl)c2ccc(C)cc2)cc1. The number of rotatable bonds is 4. The Hall–Kier alpha value is -2.06. The Balaban J connectivity index is 2.06. The Morgan fingerprint density at radius 1 is 1.05 bits per heavy atom. The molecular formula is C17H17ClNO+. The monoisotopic (exact) mass is 286 g/mol. The van der Waals surface area contributed by atoms with E-state index in [9.17, 15) is 0 Å². The maximum absolute atomic E-state index is 6.24. The third-order valence-corrected chi connectivity index (χ3v) is 3.24. The molecule has 0 amide bonds. The summed E-state index contributed by atoms with van der Waals surface area (Å²) in [6.07, 6.45) is 3.67. The zero-order valence-corrected chi connectivity index (χ0v) is 12.3. The lowest BCUT2D eigenvalue weighted by molar-refractivity contribution is -0.346. The third kappa shape index (κ3) is 3.97. The van der Waals surface area contributed by atoms with E-state index in [1.54, 1.807) is 7.11 Å². The van der Waals surface area contributed by atoms with Crippen LogP contribution in [0.1, 0.15) is 11.1 Å². The molecule has 0 bridgehead atoms. The maximum atomic E-state index is 6.24. The van der Waals surface area contributed by atoms with Crippen LogP contribution in [0.5, 0.6) is 5.75 Å². The molecule has 102 valence electrons. The Morgan fingerprint density at radius 2 is 1.70 bits per heavy atom. The van der Waals surface area contributed by atoms with Gasteiger partial charge in [0.15, 0.2) is 6.21 Å². The van der Waals surface area contributed by atoms with Gasteiger partial charge in [0, 0.05) is 18.2 Å². The molecule has 0 aliphatic heterocycles. The molecule has 2 aromatic rings. The molecule has 0 aliphatic carbocycles. The molecular weight excluding hydrogens is 270 g/mol. The van der Waals surface area contributed by atoms with E-state index < -0.39 is 0 Å². The Labute approximate surface area is 124 Å². The van der Waals surface area contributed by atoms with Crippen molar-refractivity contribution in [2.75, 3.05) is 7.11 Å². The number of aryl methyl sites for hydroxylation is 1. The molecule has 1 N–H and O–H groups in total. The van der Waals surface area contributed by atoms with Crippen molar-refractivity contribution >= 4 is 28.5 Å². The molecule has 2 rings (SSSR count). The maximum Gasteiger partial charge on any atom is 0.203 e. The first-order valence-corrected chi connectivity index (χ1v) is 6.73. The lowest BCUT2D eigenvalue weighted by Gasteiger charge is -1.98. The van der Waals surface area contributed by atoms with Gasteiger partial charge in [0.1, 0.15) is 5.75 Å². The van der Waals surface area contributed by atoms with Gasteiger partial charge in [-0.3, -0.25) is 0 Å². The fraction of sp³-hybridized carbons (Fsp3) is 0.118. The van der Waals surface area contributed by atoms with Gasteiger partial charge in [-0.05, 0) is 24.6 Å². The number of benzene rings is 2. The van der Waals surface area contributed by atoms with Gasteiger partial charge >= 0.3 is 0 Å². The second kappa shape index (κ2) is 6.92. The van der Waals surface area contributed by atoms with Gasteiger partial charge in [-0.1, -0.05) is 41.4 Å². The number of hydrogen-bond donors (Lipinski definition) is 1. The van der Waals surface area contributed by atoms with Crippen molar-refractivity contribution < 1.29 is 9.73 Å². The molecule has 0 saturated carbocycles. The standard InChI is InChI=1S/C17H16ClNO/c1-13-3-5-14(6-4-13)17(18)11-12-19-15-7-9-16(20-2)10-8-15/h3-12H,1-2H3/p+1. The molecule has 0 fully saturated rings. The van der Waals surface area contributed by atoms with Crippen LogP contribution in [0.15, 0.2) is 54.6 Å². The fourth-order valence-electron chi connectivity index (χ4n) is 1.71. The fourth-order valence-corrected chi connectivity index (χ4v) is 1.90. The van der Waals surface area contributed by atoms with Crippen molar-refractivity contribution in [1.29, 1.82) is 0 Å². The highest BCUT2D eigenvalue weighted by molar-refractivity contribution is 6.49. The summed E-state index contributed by atoms with van der Waals surface area (Å²) in [7, 11) is 1.65. The number of nitrogens with one attached hydrogen (secondary N) is 1. The van der Waals surface area contributed by atoms with E-state index in [1.165, 1.54) is 5.56 Å².